The van der Waals surface area contributed by atoms with Crippen molar-refractivity contribution in [2.45, 2.75) is 39.5 Å². The second-order valence-electron chi connectivity index (χ2n) is 10.1. The standard InChI is InChI=1S/C31H39ClN4O7/c1-20-23(9-6-11-26(20)42-15-7-12-36-13-16-41-17-14-36)24-10-5-8-22(27(24)32)19-43-31-34-28(39-3)25(29(35-31)40-4)18-33-21(2)30(37)38/h5-6,8-11,21,33H,7,12-19H2,1-4H3,(H,37,38)/t21-/m0/s1. The molecule has 12 heteroatoms. The van der Waals surface area contributed by atoms with E-state index in [2.05, 4.69) is 20.2 Å². The van der Waals surface area contributed by atoms with Gasteiger partial charge in [0, 0.05) is 37.3 Å². The highest BCUT2D eigenvalue weighted by Crippen LogP contribution is 2.36. The number of carboxylic acids is 1. The molecule has 11 nitrogen and oxygen atoms in total. The van der Waals surface area contributed by atoms with E-state index in [0.717, 1.165) is 67.3 Å². The summed E-state index contributed by atoms with van der Waals surface area (Å²) in [5.74, 6) is 0.275. The van der Waals surface area contributed by atoms with Crippen molar-refractivity contribution in [1.82, 2.24) is 20.2 Å². The van der Waals surface area contributed by atoms with Gasteiger partial charge in [-0.1, -0.05) is 41.9 Å². The molecule has 2 aromatic carbocycles. The maximum atomic E-state index is 11.2. The number of ether oxygens (including phenoxy) is 5. The molecule has 1 saturated heterocycles. The van der Waals surface area contributed by atoms with Crippen LogP contribution in [0.2, 0.25) is 5.02 Å². The lowest BCUT2D eigenvalue weighted by molar-refractivity contribution is -0.139. The third-order valence-electron chi connectivity index (χ3n) is 7.24. The minimum Gasteiger partial charge on any atom is -0.493 e. The van der Waals surface area contributed by atoms with E-state index in [0.29, 0.717) is 17.2 Å². The van der Waals surface area contributed by atoms with Gasteiger partial charge in [0.1, 0.15) is 18.4 Å². The molecule has 3 aromatic rings. The number of nitrogens with one attached hydrogen (secondary N) is 1. The fourth-order valence-corrected chi connectivity index (χ4v) is 5.00. The Labute approximate surface area is 257 Å². The number of aromatic nitrogens is 2. The van der Waals surface area contributed by atoms with Crippen molar-refractivity contribution in [3.05, 3.63) is 58.1 Å². The van der Waals surface area contributed by atoms with Crippen LogP contribution in [-0.4, -0.2) is 85.7 Å². The van der Waals surface area contributed by atoms with Gasteiger partial charge >= 0.3 is 12.0 Å². The van der Waals surface area contributed by atoms with Crippen molar-refractivity contribution in [1.29, 1.82) is 0 Å². The first-order chi connectivity index (χ1) is 20.8. The van der Waals surface area contributed by atoms with Gasteiger partial charge in [0.2, 0.25) is 11.8 Å². The Morgan fingerprint density at radius 3 is 2.42 bits per heavy atom. The van der Waals surface area contributed by atoms with E-state index in [1.54, 1.807) is 0 Å². The van der Waals surface area contributed by atoms with E-state index in [-0.39, 0.29) is 30.9 Å². The molecule has 0 amide bonds. The molecular weight excluding hydrogens is 576 g/mol. The lowest BCUT2D eigenvalue weighted by atomic mass is 9.98. The van der Waals surface area contributed by atoms with Gasteiger partial charge in [-0.05, 0) is 37.5 Å². The van der Waals surface area contributed by atoms with E-state index in [9.17, 15) is 4.79 Å². The van der Waals surface area contributed by atoms with Crippen molar-refractivity contribution in [2.24, 2.45) is 0 Å². The highest BCUT2D eigenvalue weighted by molar-refractivity contribution is 6.34. The number of aliphatic carboxylic acids is 1. The van der Waals surface area contributed by atoms with Crippen LogP contribution in [0, 0.1) is 6.92 Å². The summed E-state index contributed by atoms with van der Waals surface area (Å²) in [6.45, 7) is 8.94. The molecule has 0 saturated carbocycles. The van der Waals surface area contributed by atoms with Crippen LogP contribution in [0.4, 0.5) is 0 Å². The smallest absolute Gasteiger partial charge is 0.323 e. The minimum atomic E-state index is -0.980. The third-order valence-corrected chi connectivity index (χ3v) is 7.69. The van der Waals surface area contributed by atoms with Crippen molar-refractivity contribution in [3.63, 3.8) is 0 Å². The molecule has 1 atom stereocenters. The maximum absolute atomic E-state index is 11.2. The molecule has 0 bridgehead atoms. The molecule has 2 N–H and O–H groups in total. The summed E-state index contributed by atoms with van der Waals surface area (Å²) in [6, 6.07) is 11.0. The Morgan fingerprint density at radius 2 is 1.74 bits per heavy atom. The van der Waals surface area contributed by atoms with Gasteiger partial charge in [0.25, 0.3) is 0 Å². The molecule has 1 aliphatic heterocycles. The lowest BCUT2D eigenvalue weighted by Gasteiger charge is -2.26. The average Bonchev–Trinajstić information content (AvgIpc) is 3.02. The number of rotatable bonds is 15. The summed E-state index contributed by atoms with van der Waals surface area (Å²) < 4.78 is 28.3. The summed E-state index contributed by atoms with van der Waals surface area (Å²) in [5.41, 5.74) is 4.07. The zero-order valence-electron chi connectivity index (χ0n) is 25.0. The van der Waals surface area contributed by atoms with Crippen molar-refractivity contribution in [2.75, 3.05) is 53.7 Å². The second kappa shape index (κ2) is 15.7. The number of carbonyl (C=O) groups is 1. The summed E-state index contributed by atoms with van der Waals surface area (Å²) in [6.07, 6.45) is 0.938. The molecule has 4 rings (SSSR count). The number of carboxylic acid groups (broad SMARTS) is 1. The fraction of sp³-hybridized carbons (Fsp3) is 0.452. The van der Waals surface area contributed by atoms with Crippen LogP contribution < -0.4 is 24.3 Å². The molecule has 1 aliphatic rings. The van der Waals surface area contributed by atoms with Crippen molar-refractivity contribution < 1.29 is 33.6 Å². The topological polar surface area (TPSA) is 125 Å². The Morgan fingerprint density at radius 1 is 1.07 bits per heavy atom. The monoisotopic (exact) mass is 614 g/mol. The zero-order valence-corrected chi connectivity index (χ0v) is 25.8. The number of morpholine rings is 1. The van der Waals surface area contributed by atoms with E-state index < -0.39 is 12.0 Å². The van der Waals surface area contributed by atoms with Crippen LogP contribution in [0.3, 0.4) is 0 Å². The van der Waals surface area contributed by atoms with E-state index in [1.807, 2.05) is 43.3 Å². The highest BCUT2D eigenvalue weighted by Gasteiger charge is 2.20. The van der Waals surface area contributed by atoms with Crippen molar-refractivity contribution >= 4 is 17.6 Å². The molecule has 232 valence electrons. The van der Waals surface area contributed by atoms with Crippen LogP contribution in [-0.2, 0) is 22.7 Å². The summed E-state index contributed by atoms with van der Waals surface area (Å²) in [7, 11) is 2.92. The Kier molecular flexibility index (Phi) is 11.8. The van der Waals surface area contributed by atoms with Gasteiger partial charge in [-0.3, -0.25) is 9.69 Å². The number of hydrogen-bond acceptors (Lipinski definition) is 10. The normalized spacial score (nSPS) is 14.3. The van der Waals surface area contributed by atoms with Gasteiger partial charge < -0.3 is 34.1 Å². The third kappa shape index (κ3) is 8.47. The van der Waals surface area contributed by atoms with Gasteiger partial charge in [0.15, 0.2) is 0 Å². The SMILES string of the molecule is COc1nc(OCc2cccc(-c3cccc(OCCCN4CCOCC4)c3C)c2Cl)nc(OC)c1CN[C@@H](C)C(=O)O. The first kappa shape index (κ1) is 32.3. The number of halogens is 1. The number of hydrogen-bond donors (Lipinski definition) is 2. The average molecular weight is 615 g/mol. The van der Waals surface area contributed by atoms with Crippen LogP contribution >= 0.6 is 11.6 Å². The van der Waals surface area contributed by atoms with Crippen LogP contribution in [0.5, 0.6) is 23.5 Å². The second-order valence-corrected chi connectivity index (χ2v) is 10.5. The Balaban J connectivity index is 1.44. The molecule has 1 aromatic heterocycles. The van der Waals surface area contributed by atoms with Gasteiger partial charge in [-0.25, -0.2) is 0 Å². The minimum absolute atomic E-state index is 0.0360. The van der Waals surface area contributed by atoms with Crippen molar-refractivity contribution in [3.8, 4) is 34.6 Å². The predicted octanol–water partition coefficient (Wildman–Crippen LogP) is 4.37. The van der Waals surface area contributed by atoms with E-state index >= 15 is 0 Å². The molecule has 2 heterocycles. The molecule has 1 fully saturated rings. The highest BCUT2D eigenvalue weighted by atomic mass is 35.5. The fourth-order valence-electron chi connectivity index (χ4n) is 4.72. The maximum Gasteiger partial charge on any atom is 0.323 e. The van der Waals surface area contributed by atoms with Gasteiger partial charge in [-0.15, -0.1) is 0 Å². The number of benzene rings is 2. The van der Waals surface area contributed by atoms with E-state index in [1.165, 1.54) is 21.1 Å². The van der Waals surface area contributed by atoms with E-state index in [4.69, 9.17) is 40.4 Å². The number of methoxy groups -OCH3 is 2. The molecule has 0 radical (unpaired) electrons. The largest absolute Gasteiger partial charge is 0.493 e. The summed E-state index contributed by atoms with van der Waals surface area (Å²) in [4.78, 5) is 22.3. The lowest BCUT2D eigenvalue weighted by Crippen LogP contribution is -2.37. The predicted molar refractivity (Wildman–Crippen MR) is 162 cm³/mol. The molecule has 0 aliphatic carbocycles. The summed E-state index contributed by atoms with van der Waals surface area (Å²) >= 11 is 6.90. The van der Waals surface area contributed by atoms with Gasteiger partial charge in [0.05, 0.1) is 44.6 Å². The molecule has 0 unspecified atom stereocenters. The number of nitrogens with zero attached hydrogens (tertiary/aromatic N) is 3. The Bertz CT molecular complexity index is 1360. The van der Waals surface area contributed by atoms with Gasteiger partial charge in [-0.2, -0.15) is 9.97 Å². The summed E-state index contributed by atoms with van der Waals surface area (Å²) in [5, 5.41) is 12.6. The first-order valence-electron chi connectivity index (χ1n) is 14.2. The molecule has 43 heavy (non-hydrogen) atoms. The quantitative estimate of drug-likeness (QED) is 0.237. The molecular formula is C31H39ClN4O7. The Hall–Kier alpha value is -3.64. The first-order valence-corrected chi connectivity index (χ1v) is 14.6. The van der Waals surface area contributed by atoms with Crippen LogP contribution in [0.1, 0.15) is 30.0 Å². The molecule has 0 spiro atoms. The van der Waals surface area contributed by atoms with Crippen LogP contribution in [0.15, 0.2) is 36.4 Å². The zero-order chi connectivity index (χ0) is 30.8. The van der Waals surface area contributed by atoms with Crippen LogP contribution in [0.25, 0.3) is 11.1 Å².